The summed E-state index contributed by atoms with van der Waals surface area (Å²) in [6, 6.07) is 6.82. The van der Waals surface area contributed by atoms with E-state index in [4.69, 9.17) is 14.2 Å². The van der Waals surface area contributed by atoms with Gasteiger partial charge in [0, 0.05) is 6.42 Å². The van der Waals surface area contributed by atoms with Crippen molar-refractivity contribution in [3.8, 4) is 0 Å². The summed E-state index contributed by atoms with van der Waals surface area (Å²) in [6.07, 6.45) is 0.468. The van der Waals surface area contributed by atoms with Crippen LogP contribution in [-0.4, -0.2) is 34.5 Å². The number of hydrogen-bond donors (Lipinski definition) is 0. The van der Waals surface area contributed by atoms with Crippen LogP contribution in [0.3, 0.4) is 0 Å². The minimum absolute atomic E-state index is 0.276. The number of aryl methyl sites for hydroxylation is 1. The van der Waals surface area contributed by atoms with Crippen LogP contribution in [-0.2, 0) is 24.0 Å². The van der Waals surface area contributed by atoms with E-state index in [9.17, 15) is 8.42 Å². The Hall–Kier alpha value is -1.37. The summed E-state index contributed by atoms with van der Waals surface area (Å²) in [5.41, 5.74) is 1.02. The Bertz CT molecular complexity index is 639. The van der Waals surface area contributed by atoms with Crippen molar-refractivity contribution in [1.82, 2.24) is 0 Å². The Morgan fingerprint density at radius 2 is 1.71 bits per heavy atom. The van der Waals surface area contributed by atoms with E-state index < -0.39 is 16.1 Å². The highest BCUT2D eigenvalue weighted by Crippen LogP contribution is 2.33. The molecule has 0 unspecified atom stereocenters. The van der Waals surface area contributed by atoms with Gasteiger partial charge >= 0.3 is 0 Å². The summed E-state index contributed by atoms with van der Waals surface area (Å²) >= 11 is 0. The maximum absolute atomic E-state index is 12.7. The lowest BCUT2D eigenvalue weighted by molar-refractivity contribution is -0.174. The van der Waals surface area contributed by atoms with Gasteiger partial charge in [0.1, 0.15) is 0 Å². The van der Waals surface area contributed by atoms with Crippen LogP contribution in [0, 0.1) is 6.92 Å². The van der Waals surface area contributed by atoms with E-state index in [0.29, 0.717) is 32.0 Å². The fraction of sp³-hybridized carbons (Fsp3) is 0.467. The monoisotopic (exact) mass is 310 g/mol. The first-order chi connectivity index (χ1) is 10.1. The molecule has 0 spiro atoms. The predicted molar refractivity (Wildman–Crippen MR) is 76.3 cm³/mol. The average Bonchev–Trinajstić information content (AvgIpc) is 2.99. The molecule has 5 nitrogen and oxygen atoms in total. The smallest absolute Gasteiger partial charge is 0.217 e. The van der Waals surface area contributed by atoms with Crippen LogP contribution in [0.5, 0.6) is 0 Å². The van der Waals surface area contributed by atoms with Crippen LogP contribution >= 0.6 is 0 Å². The second kappa shape index (κ2) is 5.79. The SMILES string of the molecule is Cc1ccc(S(=O)(=O)C2=C(C3OCCCO3)OCC2)cc1. The van der Waals surface area contributed by atoms with Gasteiger partial charge in [-0.1, -0.05) is 17.7 Å². The lowest BCUT2D eigenvalue weighted by Crippen LogP contribution is -2.28. The first kappa shape index (κ1) is 14.6. The third kappa shape index (κ3) is 2.84. The van der Waals surface area contributed by atoms with Crippen LogP contribution in [0.4, 0.5) is 0 Å². The van der Waals surface area contributed by atoms with Gasteiger partial charge in [0.15, 0.2) is 5.76 Å². The lowest BCUT2D eigenvalue weighted by Gasteiger charge is -2.24. The molecule has 0 radical (unpaired) electrons. The highest BCUT2D eigenvalue weighted by Gasteiger charge is 2.35. The van der Waals surface area contributed by atoms with Gasteiger partial charge in [-0.2, -0.15) is 0 Å². The molecule has 21 heavy (non-hydrogen) atoms. The minimum atomic E-state index is -3.56. The van der Waals surface area contributed by atoms with Crippen molar-refractivity contribution in [3.63, 3.8) is 0 Å². The van der Waals surface area contributed by atoms with E-state index in [1.165, 1.54) is 0 Å². The maximum Gasteiger partial charge on any atom is 0.217 e. The molecule has 114 valence electrons. The van der Waals surface area contributed by atoms with Gasteiger partial charge in [-0.25, -0.2) is 8.42 Å². The molecule has 1 fully saturated rings. The van der Waals surface area contributed by atoms with Crippen LogP contribution in [0.15, 0.2) is 39.8 Å². The number of sulfone groups is 1. The van der Waals surface area contributed by atoms with E-state index in [1.807, 2.05) is 6.92 Å². The molecule has 0 bridgehead atoms. The highest BCUT2D eigenvalue weighted by molar-refractivity contribution is 7.95. The van der Waals surface area contributed by atoms with E-state index >= 15 is 0 Å². The summed E-state index contributed by atoms with van der Waals surface area (Å²) < 4.78 is 41.9. The van der Waals surface area contributed by atoms with E-state index in [0.717, 1.165) is 12.0 Å². The molecule has 1 saturated heterocycles. The first-order valence-corrected chi connectivity index (χ1v) is 8.48. The molecule has 1 aromatic carbocycles. The van der Waals surface area contributed by atoms with E-state index in [2.05, 4.69) is 0 Å². The molecule has 0 amide bonds. The summed E-state index contributed by atoms with van der Waals surface area (Å²) in [7, 11) is -3.56. The second-order valence-corrected chi connectivity index (χ2v) is 7.10. The largest absolute Gasteiger partial charge is 0.491 e. The Morgan fingerprint density at radius 1 is 1.05 bits per heavy atom. The normalized spacial score (nSPS) is 20.6. The van der Waals surface area contributed by atoms with Crippen molar-refractivity contribution in [2.75, 3.05) is 19.8 Å². The molecule has 3 rings (SSSR count). The Labute approximate surface area is 124 Å². The summed E-state index contributed by atoms with van der Waals surface area (Å²) in [5.74, 6) is 0.315. The number of benzene rings is 1. The average molecular weight is 310 g/mol. The minimum Gasteiger partial charge on any atom is -0.491 e. The molecular formula is C15H18O5S. The zero-order valence-corrected chi connectivity index (χ0v) is 12.7. The number of rotatable bonds is 3. The van der Waals surface area contributed by atoms with Crippen molar-refractivity contribution in [2.24, 2.45) is 0 Å². The molecule has 2 heterocycles. The Morgan fingerprint density at radius 3 is 2.38 bits per heavy atom. The molecule has 2 aliphatic rings. The van der Waals surface area contributed by atoms with Crippen LogP contribution in [0.2, 0.25) is 0 Å². The van der Waals surface area contributed by atoms with Crippen LogP contribution in [0.1, 0.15) is 18.4 Å². The molecule has 0 atom stereocenters. The van der Waals surface area contributed by atoms with Crippen molar-refractivity contribution < 1.29 is 22.6 Å². The molecule has 0 aromatic heterocycles. The van der Waals surface area contributed by atoms with E-state index in [1.54, 1.807) is 24.3 Å². The zero-order valence-electron chi connectivity index (χ0n) is 11.9. The fourth-order valence-corrected chi connectivity index (χ4v) is 3.97. The topological polar surface area (TPSA) is 61.8 Å². The van der Waals surface area contributed by atoms with Crippen molar-refractivity contribution in [1.29, 1.82) is 0 Å². The quantitative estimate of drug-likeness (QED) is 0.856. The molecule has 0 aliphatic carbocycles. The Kier molecular flexibility index (Phi) is 4.01. The van der Waals surface area contributed by atoms with Gasteiger partial charge < -0.3 is 14.2 Å². The molecule has 0 N–H and O–H groups in total. The fourth-order valence-electron chi connectivity index (χ4n) is 2.42. The van der Waals surface area contributed by atoms with Crippen molar-refractivity contribution in [2.45, 2.75) is 31.0 Å². The first-order valence-electron chi connectivity index (χ1n) is 7.00. The van der Waals surface area contributed by atoms with Gasteiger partial charge in [-0.15, -0.1) is 0 Å². The second-order valence-electron chi connectivity index (χ2n) is 5.13. The maximum atomic E-state index is 12.7. The van der Waals surface area contributed by atoms with Gasteiger partial charge in [0.25, 0.3) is 0 Å². The Balaban J connectivity index is 1.97. The predicted octanol–water partition coefficient (Wildman–Crippen LogP) is 2.16. The third-order valence-corrected chi connectivity index (χ3v) is 5.51. The third-order valence-electron chi connectivity index (χ3n) is 3.56. The van der Waals surface area contributed by atoms with Crippen LogP contribution in [0.25, 0.3) is 0 Å². The van der Waals surface area contributed by atoms with Crippen molar-refractivity contribution in [3.05, 3.63) is 40.5 Å². The van der Waals surface area contributed by atoms with Gasteiger partial charge in [0.05, 0.1) is 29.6 Å². The molecule has 2 aliphatic heterocycles. The van der Waals surface area contributed by atoms with Crippen molar-refractivity contribution >= 4 is 9.84 Å². The zero-order chi connectivity index (χ0) is 14.9. The molecule has 1 aromatic rings. The standard InChI is InChI=1S/C15H18O5S/c1-11-3-5-12(6-4-11)21(16,17)13-7-10-18-14(13)15-19-8-2-9-20-15/h3-6,15H,2,7-10H2,1H3. The van der Waals surface area contributed by atoms with Gasteiger partial charge in [-0.05, 0) is 25.5 Å². The number of ether oxygens (including phenoxy) is 3. The molecule has 6 heteroatoms. The van der Waals surface area contributed by atoms with Gasteiger partial charge in [0.2, 0.25) is 16.1 Å². The molecule has 0 saturated carbocycles. The lowest BCUT2D eigenvalue weighted by atomic mass is 10.2. The van der Waals surface area contributed by atoms with E-state index in [-0.39, 0.29) is 9.80 Å². The highest BCUT2D eigenvalue weighted by atomic mass is 32.2. The molecular weight excluding hydrogens is 292 g/mol. The number of hydrogen-bond acceptors (Lipinski definition) is 5. The summed E-state index contributed by atoms with van der Waals surface area (Å²) in [4.78, 5) is 0.556. The summed E-state index contributed by atoms with van der Waals surface area (Å²) in [5, 5.41) is 0. The van der Waals surface area contributed by atoms with Gasteiger partial charge in [-0.3, -0.25) is 0 Å². The van der Waals surface area contributed by atoms with Crippen LogP contribution < -0.4 is 0 Å². The summed E-state index contributed by atoms with van der Waals surface area (Å²) in [6.45, 7) is 3.37.